The lowest BCUT2D eigenvalue weighted by molar-refractivity contribution is 0.0206. The molecule has 2 aliphatic rings. The minimum Gasteiger partial charge on any atom is -0.444 e. The van der Waals surface area contributed by atoms with Crippen LogP contribution in [0.1, 0.15) is 58.4 Å². The zero-order valence-electron chi connectivity index (χ0n) is 23.1. The van der Waals surface area contributed by atoms with Crippen LogP contribution in [-0.4, -0.2) is 64.9 Å². The summed E-state index contributed by atoms with van der Waals surface area (Å²) in [5.41, 5.74) is 1.73. The van der Waals surface area contributed by atoms with Gasteiger partial charge in [-0.05, 0) is 57.6 Å². The van der Waals surface area contributed by atoms with E-state index in [1.807, 2.05) is 25.7 Å². The summed E-state index contributed by atoms with van der Waals surface area (Å²) in [4.78, 5) is 23.8. The minimum atomic E-state index is -1.13. The molecule has 200 valence electrons. The van der Waals surface area contributed by atoms with Crippen LogP contribution in [0.2, 0.25) is 25.7 Å². The lowest BCUT2D eigenvalue weighted by Gasteiger charge is -2.34. The number of carbonyl (C=O) groups is 1. The van der Waals surface area contributed by atoms with Gasteiger partial charge in [-0.3, -0.25) is 0 Å². The molecule has 1 atom stereocenters. The molecule has 1 N–H and O–H groups in total. The van der Waals surface area contributed by atoms with Gasteiger partial charge >= 0.3 is 6.09 Å². The van der Waals surface area contributed by atoms with Gasteiger partial charge in [-0.1, -0.05) is 38.9 Å². The van der Waals surface area contributed by atoms with Gasteiger partial charge in [-0.25, -0.2) is 14.8 Å². The van der Waals surface area contributed by atoms with Crippen LogP contribution in [0.5, 0.6) is 0 Å². The Bertz CT molecular complexity index is 1040. The van der Waals surface area contributed by atoms with Gasteiger partial charge in [0.2, 0.25) is 0 Å². The van der Waals surface area contributed by atoms with E-state index in [1.165, 1.54) is 24.8 Å². The molecule has 2 aromatic rings. The standard InChI is InChI=1S/C27H45N5O3Si/c1-27(2,3)35-26(33)31-12-8-11-22(17-31)30-24-23-21(15-20-9-7-10-20)16-32(25(23)29-18-28-24)19-34-13-14-36(4,5)6/h16,18,20,22H,7-15,17,19H2,1-6H3,(H,28,29,30)/t22-/m1/s1. The fourth-order valence-corrected chi connectivity index (χ4v) is 5.65. The van der Waals surface area contributed by atoms with Crippen LogP contribution in [-0.2, 0) is 22.6 Å². The first-order chi connectivity index (χ1) is 17.0. The van der Waals surface area contributed by atoms with Crippen molar-refractivity contribution in [3.63, 3.8) is 0 Å². The Balaban J connectivity index is 1.51. The summed E-state index contributed by atoms with van der Waals surface area (Å²) in [5.74, 6) is 1.61. The molecule has 2 aromatic heterocycles. The van der Waals surface area contributed by atoms with Crippen LogP contribution in [0.15, 0.2) is 12.5 Å². The van der Waals surface area contributed by atoms with Crippen molar-refractivity contribution in [3.05, 3.63) is 18.1 Å². The molecule has 3 heterocycles. The van der Waals surface area contributed by atoms with Gasteiger partial charge in [0.15, 0.2) is 0 Å². The van der Waals surface area contributed by atoms with Crippen LogP contribution in [0.4, 0.5) is 10.6 Å². The lowest BCUT2D eigenvalue weighted by atomic mass is 9.81. The van der Waals surface area contributed by atoms with Crippen LogP contribution in [0.3, 0.4) is 0 Å². The molecule has 0 radical (unpaired) electrons. The van der Waals surface area contributed by atoms with Gasteiger partial charge in [0.1, 0.15) is 30.1 Å². The summed E-state index contributed by atoms with van der Waals surface area (Å²) in [6.07, 6.45) is 10.5. The molecule has 1 amide bonds. The maximum atomic E-state index is 12.7. The molecule has 36 heavy (non-hydrogen) atoms. The second-order valence-corrected chi connectivity index (χ2v) is 18.4. The third-order valence-corrected chi connectivity index (χ3v) is 8.81. The zero-order valence-corrected chi connectivity index (χ0v) is 24.1. The Kier molecular flexibility index (Phi) is 8.29. The number of anilines is 1. The number of ether oxygens (including phenoxy) is 2. The highest BCUT2D eigenvalue weighted by Gasteiger charge is 2.29. The van der Waals surface area contributed by atoms with Crippen molar-refractivity contribution in [2.75, 3.05) is 25.0 Å². The van der Waals surface area contributed by atoms with Gasteiger partial charge in [-0.15, -0.1) is 0 Å². The Morgan fingerprint density at radius 3 is 2.61 bits per heavy atom. The first-order valence-electron chi connectivity index (χ1n) is 13.6. The monoisotopic (exact) mass is 515 g/mol. The van der Waals surface area contributed by atoms with E-state index in [4.69, 9.17) is 9.47 Å². The predicted molar refractivity (Wildman–Crippen MR) is 147 cm³/mol. The first-order valence-corrected chi connectivity index (χ1v) is 17.3. The normalized spacial score (nSPS) is 19.4. The Morgan fingerprint density at radius 1 is 1.17 bits per heavy atom. The lowest BCUT2D eigenvalue weighted by Crippen LogP contribution is -2.47. The first kappa shape index (κ1) is 26.9. The molecular formula is C27H45N5O3Si. The van der Waals surface area contributed by atoms with Crippen LogP contribution < -0.4 is 5.32 Å². The summed E-state index contributed by atoms with van der Waals surface area (Å²) < 4.78 is 13.9. The molecular weight excluding hydrogens is 470 g/mol. The maximum absolute atomic E-state index is 12.7. The second-order valence-electron chi connectivity index (χ2n) is 12.8. The van der Waals surface area contributed by atoms with Crippen molar-refractivity contribution in [2.45, 2.75) is 103 Å². The van der Waals surface area contributed by atoms with E-state index in [0.29, 0.717) is 13.3 Å². The number of likely N-dealkylation sites (tertiary alicyclic amines) is 1. The number of fused-ring (bicyclic) bond motifs is 1. The molecule has 4 rings (SSSR count). The molecule has 1 saturated carbocycles. The summed E-state index contributed by atoms with van der Waals surface area (Å²) in [7, 11) is -1.13. The van der Waals surface area contributed by atoms with Crippen LogP contribution in [0.25, 0.3) is 11.0 Å². The molecule has 1 aliphatic carbocycles. The average molecular weight is 516 g/mol. The highest BCUT2D eigenvalue weighted by atomic mass is 28.3. The Hall–Kier alpha value is -2.13. The summed E-state index contributed by atoms with van der Waals surface area (Å²) in [6, 6.07) is 1.27. The van der Waals surface area contributed by atoms with E-state index in [1.54, 1.807) is 6.33 Å². The van der Waals surface area contributed by atoms with E-state index in [-0.39, 0.29) is 12.1 Å². The summed E-state index contributed by atoms with van der Waals surface area (Å²) in [5, 5.41) is 4.78. The molecule has 2 fully saturated rings. The molecule has 0 bridgehead atoms. The third kappa shape index (κ3) is 7.22. The van der Waals surface area contributed by atoms with Gasteiger partial charge in [0, 0.05) is 40.0 Å². The number of hydrogen-bond donors (Lipinski definition) is 1. The SMILES string of the molecule is CC(C)(C)OC(=O)N1CCC[C@@H](Nc2ncnc3c2c(CC2CCC2)cn3COCC[Si](C)(C)C)C1. The van der Waals surface area contributed by atoms with Crippen molar-refractivity contribution in [1.82, 2.24) is 19.4 Å². The van der Waals surface area contributed by atoms with E-state index in [2.05, 4.69) is 45.7 Å². The van der Waals surface area contributed by atoms with E-state index >= 15 is 0 Å². The molecule has 0 aromatic carbocycles. The maximum Gasteiger partial charge on any atom is 0.410 e. The topological polar surface area (TPSA) is 81.5 Å². The third-order valence-electron chi connectivity index (χ3n) is 7.11. The largest absolute Gasteiger partial charge is 0.444 e. The molecule has 0 unspecified atom stereocenters. The molecule has 8 nitrogen and oxygen atoms in total. The fraction of sp³-hybridized carbons (Fsp3) is 0.741. The highest BCUT2D eigenvalue weighted by Crippen LogP contribution is 2.35. The molecule has 1 saturated heterocycles. The number of hydrogen-bond acceptors (Lipinski definition) is 6. The Morgan fingerprint density at radius 2 is 1.94 bits per heavy atom. The van der Waals surface area contributed by atoms with Crippen LogP contribution >= 0.6 is 0 Å². The molecule has 0 spiro atoms. The van der Waals surface area contributed by atoms with Crippen molar-refractivity contribution < 1.29 is 14.3 Å². The molecule has 1 aliphatic heterocycles. The predicted octanol–water partition coefficient (Wildman–Crippen LogP) is 5.90. The highest BCUT2D eigenvalue weighted by molar-refractivity contribution is 6.76. The average Bonchev–Trinajstić information content (AvgIpc) is 3.11. The van der Waals surface area contributed by atoms with E-state index in [0.717, 1.165) is 61.2 Å². The number of nitrogens with one attached hydrogen (secondary N) is 1. The number of amides is 1. The van der Waals surface area contributed by atoms with Gasteiger partial charge in [0.25, 0.3) is 0 Å². The van der Waals surface area contributed by atoms with Crippen molar-refractivity contribution in [2.24, 2.45) is 5.92 Å². The zero-order chi connectivity index (χ0) is 25.9. The smallest absolute Gasteiger partial charge is 0.410 e. The van der Waals surface area contributed by atoms with Crippen LogP contribution in [0, 0.1) is 5.92 Å². The van der Waals surface area contributed by atoms with Gasteiger partial charge in [-0.2, -0.15) is 0 Å². The number of carbonyl (C=O) groups excluding carboxylic acids is 1. The van der Waals surface area contributed by atoms with Gasteiger partial charge < -0.3 is 24.3 Å². The minimum absolute atomic E-state index is 0.122. The van der Waals surface area contributed by atoms with E-state index < -0.39 is 13.7 Å². The second kappa shape index (κ2) is 11.1. The van der Waals surface area contributed by atoms with Gasteiger partial charge in [0.05, 0.1) is 5.39 Å². The number of nitrogens with zero attached hydrogens (tertiary/aromatic N) is 4. The number of aromatic nitrogens is 3. The quantitative estimate of drug-likeness (QED) is 0.331. The van der Waals surface area contributed by atoms with Crippen molar-refractivity contribution >= 4 is 31.0 Å². The fourth-order valence-electron chi connectivity index (χ4n) is 4.90. The van der Waals surface area contributed by atoms with Crippen molar-refractivity contribution in [3.8, 4) is 0 Å². The number of piperidine rings is 1. The van der Waals surface area contributed by atoms with E-state index in [9.17, 15) is 4.79 Å². The Labute approximate surface area is 217 Å². The summed E-state index contributed by atoms with van der Waals surface area (Å²) >= 11 is 0. The summed E-state index contributed by atoms with van der Waals surface area (Å²) in [6.45, 7) is 15.5. The molecule has 9 heteroatoms. The van der Waals surface area contributed by atoms with Crippen molar-refractivity contribution in [1.29, 1.82) is 0 Å². The number of rotatable bonds is 9.